The van der Waals surface area contributed by atoms with Crippen LogP contribution in [-0.4, -0.2) is 10.9 Å². The van der Waals surface area contributed by atoms with Gasteiger partial charge in [0.25, 0.3) is 5.91 Å². The molecule has 2 aromatic rings. The second-order valence-electron chi connectivity index (χ2n) is 3.86. The van der Waals surface area contributed by atoms with E-state index in [1.54, 1.807) is 36.5 Å². The van der Waals surface area contributed by atoms with E-state index < -0.39 is 0 Å². The molecule has 3 N–H and O–H groups in total. The van der Waals surface area contributed by atoms with Gasteiger partial charge >= 0.3 is 0 Å². The Balaban J connectivity index is 2.22. The van der Waals surface area contributed by atoms with Gasteiger partial charge in [0.1, 0.15) is 5.82 Å². The van der Waals surface area contributed by atoms with Gasteiger partial charge in [0, 0.05) is 16.4 Å². The lowest BCUT2D eigenvalue weighted by molar-refractivity contribution is 0.102. The third-order valence-electron chi connectivity index (χ3n) is 2.49. The number of carbonyl (C=O) groups excluding carboxylic acids is 1. The predicted octanol–water partition coefficient (Wildman–Crippen LogP) is 2.99. The number of benzene rings is 1. The number of hydrogen-bond acceptors (Lipinski definition) is 3. The molecule has 0 radical (unpaired) electrons. The SMILES string of the molecule is Cc1cc(NC(=O)c2ccccc2N)ncc1Br. The van der Waals surface area contributed by atoms with Crippen LogP contribution in [0.1, 0.15) is 15.9 Å². The minimum Gasteiger partial charge on any atom is -0.398 e. The van der Waals surface area contributed by atoms with Gasteiger partial charge in [-0.25, -0.2) is 4.98 Å². The summed E-state index contributed by atoms with van der Waals surface area (Å²) in [6.07, 6.45) is 1.65. The van der Waals surface area contributed by atoms with Crippen molar-refractivity contribution >= 4 is 33.3 Å². The molecule has 0 aliphatic heterocycles. The van der Waals surface area contributed by atoms with Gasteiger partial charge in [0.05, 0.1) is 5.56 Å². The second kappa shape index (κ2) is 5.18. The van der Waals surface area contributed by atoms with Gasteiger partial charge in [-0.15, -0.1) is 0 Å². The minimum absolute atomic E-state index is 0.262. The molecule has 1 aromatic carbocycles. The maximum Gasteiger partial charge on any atom is 0.258 e. The van der Waals surface area contributed by atoms with Crippen LogP contribution in [0.25, 0.3) is 0 Å². The van der Waals surface area contributed by atoms with E-state index in [-0.39, 0.29) is 5.91 Å². The lowest BCUT2D eigenvalue weighted by Gasteiger charge is -2.07. The molecule has 18 heavy (non-hydrogen) atoms. The fourth-order valence-corrected chi connectivity index (χ4v) is 1.71. The standard InChI is InChI=1S/C13H12BrN3O/c1-8-6-12(16-7-10(8)14)17-13(18)9-4-2-3-5-11(9)15/h2-7H,15H2,1H3,(H,16,17,18). The van der Waals surface area contributed by atoms with E-state index in [0.717, 1.165) is 10.0 Å². The van der Waals surface area contributed by atoms with Crippen molar-refractivity contribution in [3.63, 3.8) is 0 Å². The second-order valence-corrected chi connectivity index (χ2v) is 4.71. The molecule has 0 aliphatic carbocycles. The van der Waals surface area contributed by atoms with Gasteiger partial charge < -0.3 is 11.1 Å². The van der Waals surface area contributed by atoms with E-state index in [0.29, 0.717) is 17.1 Å². The lowest BCUT2D eigenvalue weighted by atomic mass is 10.1. The predicted molar refractivity (Wildman–Crippen MR) is 75.5 cm³/mol. The number of aromatic nitrogens is 1. The maximum atomic E-state index is 12.0. The van der Waals surface area contributed by atoms with Gasteiger partial charge in [-0.05, 0) is 46.6 Å². The summed E-state index contributed by atoms with van der Waals surface area (Å²) in [6, 6.07) is 8.71. The van der Waals surface area contributed by atoms with Gasteiger partial charge in [-0.1, -0.05) is 12.1 Å². The Kier molecular flexibility index (Phi) is 3.62. The number of nitrogen functional groups attached to an aromatic ring is 1. The number of pyridine rings is 1. The normalized spacial score (nSPS) is 10.1. The summed E-state index contributed by atoms with van der Waals surface area (Å²) < 4.78 is 0.903. The number of rotatable bonds is 2. The summed E-state index contributed by atoms with van der Waals surface area (Å²) in [5.74, 6) is 0.242. The molecular formula is C13H12BrN3O. The van der Waals surface area contributed by atoms with Crippen molar-refractivity contribution in [1.29, 1.82) is 0 Å². The highest BCUT2D eigenvalue weighted by Gasteiger charge is 2.10. The van der Waals surface area contributed by atoms with Crippen LogP contribution in [0, 0.1) is 6.92 Å². The van der Waals surface area contributed by atoms with Crippen LogP contribution in [0.3, 0.4) is 0 Å². The van der Waals surface area contributed by atoms with E-state index in [4.69, 9.17) is 5.73 Å². The van der Waals surface area contributed by atoms with Crippen LogP contribution in [0.5, 0.6) is 0 Å². The first-order chi connectivity index (χ1) is 8.58. The van der Waals surface area contributed by atoms with Gasteiger partial charge in [0.2, 0.25) is 0 Å². The largest absolute Gasteiger partial charge is 0.398 e. The molecule has 92 valence electrons. The molecule has 1 heterocycles. The van der Waals surface area contributed by atoms with Crippen LogP contribution in [0.4, 0.5) is 11.5 Å². The first-order valence-corrected chi connectivity index (χ1v) is 6.15. The number of carbonyl (C=O) groups is 1. The summed E-state index contributed by atoms with van der Waals surface area (Å²) in [5, 5.41) is 2.72. The molecule has 0 bridgehead atoms. The van der Waals surface area contributed by atoms with Crippen molar-refractivity contribution in [2.75, 3.05) is 11.1 Å². The van der Waals surface area contributed by atoms with Crippen LogP contribution in [0.2, 0.25) is 0 Å². The molecule has 5 heteroatoms. The summed E-state index contributed by atoms with van der Waals surface area (Å²) in [5.41, 5.74) is 7.63. The van der Waals surface area contributed by atoms with E-state index in [1.807, 2.05) is 6.92 Å². The number of nitrogens with zero attached hydrogens (tertiary/aromatic N) is 1. The Hall–Kier alpha value is -1.88. The molecule has 0 saturated heterocycles. The summed E-state index contributed by atoms with van der Waals surface area (Å²) >= 11 is 3.36. The molecule has 0 fully saturated rings. The van der Waals surface area contributed by atoms with Crippen molar-refractivity contribution < 1.29 is 4.79 Å². The van der Waals surface area contributed by atoms with Crippen LogP contribution in [-0.2, 0) is 0 Å². The molecule has 1 aromatic heterocycles. The van der Waals surface area contributed by atoms with Gasteiger partial charge in [0.15, 0.2) is 0 Å². The summed E-state index contributed by atoms with van der Waals surface area (Å²) in [7, 11) is 0. The Labute approximate surface area is 113 Å². The highest BCUT2D eigenvalue weighted by molar-refractivity contribution is 9.10. The number of hydrogen-bond donors (Lipinski definition) is 2. The van der Waals surface area contributed by atoms with Crippen LogP contribution in [0.15, 0.2) is 41.0 Å². The number of nitrogens with one attached hydrogen (secondary N) is 1. The first kappa shape index (κ1) is 12.6. The highest BCUT2D eigenvalue weighted by Crippen LogP contribution is 2.18. The van der Waals surface area contributed by atoms with E-state index in [9.17, 15) is 4.79 Å². The van der Waals surface area contributed by atoms with E-state index >= 15 is 0 Å². The number of nitrogens with two attached hydrogens (primary N) is 1. The zero-order chi connectivity index (χ0) is 13.1. The Morgan fingerprint density at radius 3 is 2.78 bits per heavy atom. The van der Waals surface area contributed by atoms with Gasteiger partial charge in [-0.2, -0.15) is 0 Å². The lowest BCUT2D eigenvalue weighted by Crippen LogP contribution is -2.14. The van der Waals surface area contributed by atoms with Crippen molar-refractivity contribution in [1.82, 2.24) is 4.98 Å². The molecule has 0 aliphatic rings. The maximum absolute atomic E-state index is 12.0. The minimum atomic E-state index is -0.262. The van der Waals surface area contributed by atoms with Crippen LogP contribution < -0.4 is 11.1 Å². The molecule has 2 rings (SSSR count). The van der Waals surface area contributed by atoms with E-state index in [1.165, 1.54) is 0 Å². The van der Waals surface area contributed by atoms with E-state index in [2.05, 4.69) is 26.2 Å². The number of halogens is 1. The zero-order valence-corrected chi connectivity index (χ0v) is 11.4. The smallest absolute Gasteiger partial charge is 0.258 e. The van der Waals surface area contributed by atoms with Crippen molar-refractivity contribution in [2.24, 2.45) is 0 Å². The van der Waals surface area contributed by atoms with Crippen molar-refractivity contribution in [3.05, 3.63) is 52.1 Å². The third-order valence-corrected chi connectivity index (χ3v) is 3.32. The number of anilines is 2. The average molecular weight is 306 g/mol. The Bertz CT molecular complexity index is 599. The molecular weight excluding hydrogens is 294 g/mol. The molecule has 0 saturated carbocycles. The number of aryl methyl sites for hydroxylation is 1. The van der Waals surface area contributed by atoms with Gasteiger partial charge in [-0.3, -0.25) is 4.79 Å². The zero-order valence-electron chi connectivity index (χ0n) is 9.77. The third kappa shape index (κ3) is 2.68. The first-order valence-electron chi connectivity index (χ1n) is 5.36. The fraction of sp³-hybridized carbons (Fsp3) is 0.0769. The van der Waals surface area contributed by atoms with Crippen LogP contribution >= 0.6 is 15.9 Å². The highest BCUT2D eigenvalue weighted by atomic mass is 79.9. The quantitative estimate of drug-likeness (QED) is 0.838. The Morgan fingerprint density at radius 1 is 1.39 bits per heavy atom. The Morgan fingerprint density at radius 2 is 2.11 bits per heavy atom. The monoisotopic (exact) mass is 305 g/mol. The molecule has 4 nitrogen and oxygen atoms in total. The molecule has 0 unspecified atom stereocenters. The summed E-state index contributed by atoms with van der Waals surface area (Å²) in [4.78, 5) is 16.1. The van der Waals surface area contributed by atoms with Crippen molar-refractivity contribution in [3.8, 4) is 0 Å². The summed E-state index contributed by atoms with van der Waals surface area (Å²) in [6.45, 7) is 1.93. The average Bonchev–Trinajstić information content (AvgIpc) is 2.34. The molecule has 0 spiro atoms. The number of para-hydroxylation sites is 1. The molecule has 0 atom stereocenters. The van der Waals surface area contributed by atoms with Crippen molar-refractivity contribution in [2.45, 2.75) is 6.92 Å². The number of amides is 1. The fourth-order valence-electron chi connectivity index (χ4n) is 1.50. The molecule has 1 amide bonds. The topological polar surface area (TPSA) is 68.0 Å².